The first-order valence-corrected chi connectivity index (χ1v) is 3.43. The second kappa shape index (κ2) is 3.21. The number of amides is 3. The zero-order chi connectivity index (χ0) is 9.14. The van der Waals surface area contributed by atoms with Crippen LogP contribution in [0.25, 0.3) is 0 Å². The molecule has 1 saturated heterocycles. The molecule has 1 aliphatic rings. The second-order valence-electron chi connectivity index (χ2n) is 2.45. The Balaban J connectivity index is 2.43. The predicted octanol–water partition coefficient (Wildman–Crippen LogP) is -0.941. The van der Waals surface area contributed by atoms with Crippen LogP contribution in [0.2, 0.25) is 0 Å². The van der Waals surface area contributed by atoms with Crippen LogP contribution in [0.15, 0.2) is 0 Å². The SMILES string of the molecule is O=C(O)NC(=O)[C@@H]1CCC(=O)N1. The van der Waals surface area contributed by atoms with Crippen LogP contribution in [-0.2, 0) is 9.59 Å². The first-order valence-electron chi connectivity index (χ1n) is 3.43. The van der Waals surface area contributed by atoms with Crippen molar-refractivity contribution in [3.8, 4) is 0 Å². The van der Waals surface area contributed by atoms with Gasteiger partial charge in [-0.15, -0.1) is 0 Å². The van der Waals surface area contributed by atoms with Crippen molar-refractivity contribution in [2.24, 2.45) is 0 Å². The molecule has 0 saturated carbocycles. The molecule has 0 radical (unpaired) electrons. The van der Waals surface area contributed by atoms with Gasteiger partial charge in [0.05, 0.1) is 0 Å². The number of nitrogens with one attached hydrogen (secondary N) is 2. The minimum atomic E-state index is -1.40. The summed E-state index contributed by atoms with van der Waals surface area (Å²) < 4.78 is 0. The summed E-state index contributed by atoms with van der Waals surface area (Å²) in [4.78, 5) is 31.5. The summed E-state index contributed by atoms with van der Waals surface area (Å²) in [6.45, 7) is 0. The minimum Gasteiger partial charge on any atom is -0.465 e. The van der Waals surface area contributed by atoms with E-state index >= 15 is 0 Å². The van der Waals surface area contributed by atoms with E-state index in [1.54, 1.807) is 5.32 Å². The molecule has 0 aliphatic carbocycles. The van der Waals surface area contributed by atoms with E-state index in [9.17, 15) is 14.4 Å². The molecule has 1 atom stereocenters. The largest absolute Gasteiger partial charge is 0.465 e. The lowest BCUT2D eigenvalue weighted by Gasteiger charge is -2.06. The number of carbonyl (C=O) groups is 3. The van der Waals surface area contributed by atoms with Crippen LogP contribution in [0.1, 0.15) is 12.8 Å². The van der Waals surface area contributed by atoms with Gasteiger partial charge in [-0.25, -0.2) is 4.79 Å². The number of imide groups is 1. The van der Waals surface area contributed by atoms with E-state index in [1.165, 1.54) is 0 Å². The molecule has 66 valence electrons. The second-order valence-corrected chi connectivity index (χ2v) is 2.45. The molecule has 1 rings (SSSR count). The lowest BCUT2D eigenvalue weighted by molar-refractivity contribution is -0.125. The van der Waals surface area contributed by atoms with Gasteiger partial charge in [0.25, 0.3) is 5.91 Å². The average Bonchev–Trinajstić information content (AvgIpc) is 2.34. The Kier molecular flexibility index (Phi) is 2.27. The quantitative estimate of drug-likeness (QED) is 0.475. The van der Waals surface area contributed by atoms with Crippen molar-refractivity contribution in [3.63, 3.8) is 0 Å². The molecule has 3 N–H and O–H groups in total. The normalized spacial score (nSPS) is 21.7. The van der Waals surface area contributed by atoms with E-state index in [0.29, 0.717) is 6.42 Å². The zero-order valence-electron chi connectivity index (χ0n) is 6.16. The summed E-state index contributed by atoms with van der Waals surface area (Å²) in [5, 5.41) is 12.2. The number of hydrogen-bond acceptors (Lipinski definition) is 3. The molecule has 0 spiro atoms. The molecule has 0 bridgehead atoms. The molecule has 1 fully saturated rings. The van der Waals surface area contributed by atoms with Gasteiger partial charge < -0.3 is 10.4 Å². The van der Waals surface area contributed by atoms with Gasteiger partial charge in [0.2, 0.25) is 5.91 Å². The van der Waals surface area contributed by atoms with Crippen LogP contribution in [-0.4, -0.2) is 29.1 Å². The minimum absolute atomic E-state index is 0.222. The van der Waals surface area contributed by atoms with Crippen LogP contribution < -0.4 is 10.6 Å². The van der Waals surface area contributed by atoms with Crippen LogP contribution in [0.4, 0.5) is 4.79 Å². The molecule has 0 unspecified atom stereocenters. The number of hydrogen-bond donors (Lipinski definition) is 3. The third-order valence-corrected chi connectivity index (χ3v) is 1.54. The fraction of sp³-hybridized carbons (Fsp3) is 0.500. The number of carboxylic acid groups (broad SMARTS) is 1. The first kappa shape index (κ1) is 8.51. The standard InChI is InChI=1S/C6H8N2O4/c9-4-2-1-3(7-4)5(10)8-6(11)12/h3H,1-2H2,(H,7,9)(H,8,10)(H,11,12)/t3-/m0/s1. The van der Waals surface area contributed by atoms with Crippen molar-refractivity contribution in [1.29, 1.82) is 0 Å². The van der Waals surface area contributed by atoms with Crippen molar-refractivity contribution in [2.75, 3.05) is 0 Å². The molecular weight excluding hydrogens is 164 g/mol. The van der Waals surface area contributed by atoms with Crippen LogP contribution >= 0.6 is 0 Å². The van der Waals surface area contributed by atoms with E-state index in [0.717, 1.165) is 0 Å². The Morgan fingerprint density at radius 3 is 2.67 bits per heavy atom. The molecular formula is C6H8N2O4. The molecule has 6 nitrogen and oxygen atoms in total. The fourth-order valence-electron chi connectivity index (χ4n) is 1.00. The summed E-state index contributed by atoms with van der Waals surface area (Å²) in [5.74, 6) is -0.895. The van der Waals surface area contributed by atoms with Gasteiger partial charge in [0, 0.05) is 6.42 Å². The topological polar surface area (TPSA) is 95.5 Å². The Labute approximate surface area is 67.9 Å². The molecule has 3 amide bonds. The van der Waals surface area contributed by atoms with Gasteiger partial charge in [-0.3, -0.25) is 14.9 Å². The lowest BCUT2D eigenvalue weighted by Crippen LogP contribution is -2.43. The van der Waals surface area contributed by atoms with Gasteiger partial charge in [-0.2, -0.15) is 0 Å². The number of carbonyl (C=O) groups excluding carboxylic acids is 2. The van der Waals surface area contributed by atoms with E-state index in [1.807, 2.05) is 0 Å². The summed E-state index contributed by atoms with van der Waals surface area (Å²) in [6, 6.07) is -0.686. The Morgan fingerprint density at radius 2 is 2.25 bits per heavy atom. The highest BCUT2D eigenvalue weighted by atomic mass is 16.4. The van der Waals surface area contributed by atoms with Gasteiger partial charge in [-0.1, -0.05) is 0 Å². The Morgan fingerprint density at radius 1 is 1.58 bits per heavy atom. The summed E-state index contributed by atoms with van der Waals surface area (Å²) >= 11 is 0. The molecule has 1 aliphatic heterocycles. The van der Waals surface area contributed by atoms with Crippen molar-refractivity contribution >= 4 is 17.9 Å². The summed E-state index contributed by atoms with van der Waals surface area (Å²) in [6.07, 6.45) is -0.767. The van der Waals surface area contributed by atoms with Crippen molar-refractivity contribution < 1.29 is 19.5 Å². The van der Waals surface area contributed by atoms with Gasteiger partial charge in [0.1, 0.15) is 6.04 Å². The van der Waals surface area contributed by atoms with Crippen molar-refractivity contribution in [3.05, 3.63) is 0 Å². The smallest absolute Gasteiger partial charge is 0.411 e. The number of rotatable bonds is 1. The molecule has 1 heterocycles. The fourth-order valence-corrected chi connectivity index (χ4v) is 1.00. The Hall–Kier alpha value is -1.59. The Bertz CT molecular complexity index is 238. The highest BCUT2D eigenvalue weighted by molar-refractivity contribution is 5.97. The van der Waals surface area contributed by atoms with Crippen molar-refractivity contribution in [1.82, 2.24) is 10.6 Å². The maximum absolute atomic E-state index is 10.9. The average molecular weight is 172 g/mol. The first-order chi connectivity index (χ1) is 5.59. The predicted molar refractivity (Wildman–Crippen MR) is 37.3 cm³/mol. The molecule has 0 aromatic carbocycles. The van der Waals surface area contributed by atoms with Crippen LogP contribution in [0.5, 0.6) is 0 Å². The van der Waals surface area contributed by atoms with Gasteiger partial charge in [-0.05, 0) is 6.42 Å². The lowest BCUT2D eigenvalue weighted by atomic mass is 10.2. The third kappa shape index (κ3) is 1.94. The molecule has 12 heavy (non-hydrogen) atoms. The molecule has 0 aromatic rings. The molecule has 6 heteroatoms. The van der Waals surface area contributed by atoms with E-state index < -0.39 is 18.0 Å². The van der Waals surface area contributed by atoms with E-state index in [4.69, 9.17) is 5.11 Å². The van der Waals surface area contributed by atoms with Crippen LogP contribution in [0, 0.1) is 0 Å². The monoisotopic (exact) mass is 172 g/mol. The van der Waals surface area contributed by atoms with E-state index in [-0.39, 0.29) is 12.3 Å². The van der Waals surface area contributed by atoms with Gasteiger partial charge in [0.15, 0.2) is 0 Å². The molecule has 0 aromatic heterocycles. The summed E-state index contributed by atoms with van der Waals surface area (Å²) in [7, 11) is 0. The van der Waals surface area contributed by atoms with E-state index in [2.05, 4.69) is 5.32 Å². The van der Waals surface area contributed by atoms with Gasteiger partial charge >= 0.3 is 6.09 Å². The highest BCUT2D eigenvalue weighted by Crippen LogP contribution is 2.05. The van der Waals surface area contributed by atoms with Crippen molar-refractivity contribution in [2.45, 2.75) is 18.9 Å². The highest BCUT2D eigenvalue weighted by Gasteiger charge is 2.27. The summed E-state index contributed by atoms with van der Waals surface area (Å²) in [5.41, 5.74) is 0. The zero-order valence-corrected chi connectivity index (χ0v) is 6.16. The third-order valence-electron chi connectivity index (χ3n) is 1.54. The van der Waals surface area contributed by atoms with Crippen LogP contribution in [0.3, 0.4) is 0 Å². The maximum atomic E-state index is 10.9. The maximum Gasteiger partial charge on any atom is 0.411 e.